The fourth-order valence-electron chi connectivity index (χ4n) is 1.67. The van der Waals surface area contributed by atoms with Crippen LogP contribution in [0.5, 0.6) is 0 Å². The molecule has 0 spiro atoms. The van der Waals surface area contributed by atoms with E-state index in [0.717, 1.165) is 20.1 Å². The smallest absolute Gasteiger partial charge is 0.0578 e. The molecule has 0 bridgehead atoms. The first-order chi connectivity index (χ1) is 8.49. The van der Waals surface area contributed by atoms with Crippen LogP contribution in [0.2, 0.25) is 10.0 Å². The van der Waals surface area contributed by atoms with E-state index in [1.165, 1.54) is 0 Å². The molecule has 0 radical (unpaired) electrons. The maximum Gasteiger partial charge on any atom is 0.0578 e. The molecule has 2 aromatic rings. The summed E-state index contributed by atoms with van der Waals surface area (Å²) >= 11 is 19.1. The van der Waals surface area contributed by atoms with Crippen LogP contribution in [-0.2, 0) is 0 Å². The second-order valence-corrected chi connectivity index (χ2v) is 6.42. The molecule has 0 saturated carbocycles. The topological polar surface area (TPSA) is 26.0 Å². The van der Waals surface area contributed by atoms with Crippen LogP contribution in [0.4, 0.5) is 0 Å². The number of benzene rings is 2. The van der Waals surface area contributed by atoms with Crippen molar-refractivity contribution in [2.45, 2.75) is 6.04 Å². The van der Waals surface area contributed by atoms with Crippen molar-refractivity contribution in [3.8, 4) is 0 Å². The van der Waals surface area contributed by atoms with Crippen LogP contribution >= 0.6 is 55.1 Å². The normalized spacial score (nSPS) is 12.5. The summed E-state index contributed by atoms with van der Waals surface area (Å²) in [5.41, 5.74) is 8.02. The van der Waals surface area contributed by atoms with Gasteiger partial charge in [-0.15, -0.1) is 0 Å². The minimum Gasteiger partial charge on any atom is -0.320 e. The molecule has 94 valence electrons. The molecule has 2 rings (SSSR count). The molecule has 0 aromatic heterocycles. The third-order valence-electron chi connectivity index (χ3n) is 2.59. The Morgan fingerprint density at radius 2 is 1.67 bits per heavy atom. The van der Waals surface area contributed by atoms with Crippen LogP contribution in [0, 0.1) is 0 Å². The summed E-state index contributed by atoms with van der Waals surface area (Å²) in [7, 11) is 0. The molecule has 1 nitrogen and oxygen atoms in total. The molecule has 2 aromatic carbocycles. The van der Waals surface area contributed by atoms with Crippen LogP contribution in [0.15, 0.2) is 45.3 Å². The zero-order valence-electron chi connectivity index (χ0n) is 9.13. The van der Waals surface area contributed by atoms with E-state index in [-0.39, 0.29) is 6.04 Å². The number of hydrogen-bond donors (Lipinski definition) is 1. The molecule has 0 heterocycles. The van der Waals surface area contributed by atoms with Gasteiger partial charge >= 0.3 is 0 Å². The van der Waals surface area contributed by atoms with Gasteiger partial charge in [0.2, 0.25) is 0 Å². The van der Waals surface area contributed by atoms with Gasteiger partial charge in [-0.05, 0) is 47.5 Å². The summed E-state index contributed by atoms with van der Waals surface area (Å²) in [5.74, 6) is 0. The lowest BCUT2D eigenvalue weighted by Crippen LogP contribution is -2.13. The van der Waals surface area contributed by atoms with Crippen LogP contribution in [0.25, 0.3) is 0 Å². The summed E-state index contributed by atoms with van der Waals surface area (Å²) in [5, 5.41) is 1.23. The lowest BCUT2D eigenvalue weighted by molar-refractivity contribution is 0.865. The average molecular weight is 410 g/mol. The second-order valence-electron chi connectivity index (χ2n) is 3.81. The van der Waals surface area contributed by atoms with Gasteiger partial charge in [0.15, 0.2) is 0 Å². The average Bonchev–Trinajstić information content (AvgIpc) is 2.34. The first-order valence-corrected chi connectivity index (χ1v) is 7.48. The Morgan fingerprint density at radius 1 is 0.944 bits per heavy atom. The lowest BCUT2D eigenvalue weighted by atomic mass is 10.00. The maximum absolute atomic E-state index is 6.26. The molecule has 1 unspecified atom stereocenters. The number of nitrogens with two attached hydrogens (primary N) is 1. The monoisotopic (exact) mass is 407 g/mol. The summed E-state index contributed by atoms with van der Waals surface area (Å²) in [6, 6.07) is 10.8. The molecule has 0 aliphatic heterocycles. The molecule has 0 aliphatic carbocycles. The van der Waals surface area contributed by atoms with Crippen LogP contribution in [0.3, 0.4) is 0 Å². The van der Waals surface area contributed by atoms with E-state index < -0.39 is 0 Å². The van der Waals surface area contributed by atoms with E-state index >= 15 is 0 Å². The van der Waals surface area contributed by atoms with Crippen molar-refractivity contribution >= 4 is 55.1 Å². The molecule has 1 atom stereocenters. The Hall–Kier alpha value is -0.0600. The molecule has 0 aliphatic rings. The van der Waals surface area contributed by atoms with Gasteiger partial charge in [0.05, 0.1) is 6.04 Å². The van der Waals surface area contributed by atoms with Gasteiger partial charge in [0.1, 0.15) is 0 Å². The maximum atomic E-state index is 6.26. The van der Waals surface area contributed by atoms with Gasteiger partial charge in [-0.2, -0.15) is 0 Å². The predicted molar refractivity (Wildman–Crippen MR) is 84.3 cm³/mol. The molecule has 0 amide bonds. The van der Waals surface area contributed by atoms with E-state index in [1.54, 1.807) is 18.2 Å². The third-order valence-corrected chi connectivity index (χ3v) is 4.38. The van der Waals surface area contributed by atoms with Crippen molar-refractivity contribution in [1.29, 1.82) is 0 Å². The van der Waals surface area contributed by atoms with Gasteiger partial charge in [-0.3, -0.25) is 0 Å². The molecular formula is C13H9Br2Cl2N. The van der Waals surface area contributed by atoms with E-state index in [0.29, 0.717) is 10.0 Å². The van der Waals surface area contributed by atoms with Crippen molar-refractivity contribution in [2.75, 3.05) is 0 Å². The fraction of sp³-hybridized carbons (Fsp3) is 0.0769. The Morgan fingerprint density at radius 3 is 2.39 bits per heavy atom. The zero-order valence-corrected chi connectivity index (χ0v) is 13.8. The Labute approximate surface area is 133 Å². The van der Waals surface area contributed by atoms with Crippen LogP contribution in [0.1, 0.15) is 17.2 Å². The molecule has 18 heavy (non-hydrogen) atoms. The van der Waals surface area contributed by atoms with Crippen LogP contribution in [-0.4, -0.2) is 0 Å². The first kappa shape index (κ1) is 14.4. The van der Waals surface area contributed by atoms with E-state index in [4.69, 9.17) is 28.9 Å². The molecular weight excluding hydrogens is 401 g/mol. The summed E-state index contributed by atoms with van der Waals surface area (Å²) in [6.45, 7) is 0. The third kappa shape index (κ3) is 3.09. The molecule has 2 N–H and O–H groups in total. The van der Waals surface area contributed by atoms with Crippen molar-refractivity contribution in [2.24, 2.45) is 5.73 Å². The summed E-state index contributed by atoms with van der Waals surface area (Å²) < 4.78 is 1.91. The van der Waals surface area contributed by atoms with E-state index in [1.807, 2.05) is 18.2 Å². The standard InChI is InChI=1S/C13H9Br2Cl2N/c14-7-1-3-11(15)9(5-7)13(18)10-6-8(16)2-4-12(10)17/h1-6,13H,18H2. The van der Waals surface area contributed by atoms with Crippen molar-refractivity contribution in [3.63, 3.8) is 0 Å². The Kier molecular flexibility index (Phi) is 4.73. The van der Waals surface area contributed by atoms with Gasteiger partial charge in [0.25, 0.3) is 0 Å². The van der Waals surface area contributed by atoms with Gasteiger partial charge in [-0.25, -0.2) is 0 Å². The Balaban J connectivity index is 2.50. The summed E-state index contributed by atoms with van der Waals surface area (Å²) in [6.07, 6.45) is 0. The van der Waals surface area contributed by atoms with Crippen molar-refractivity contribution < 1.29 is 0 Å². The van der Waals surface area contributed by atoms with Crippen molar-refractivity contribution in [3.05, 3.63) is 66.5 Å². The minimum atomic E-state index is -0.330. The number of halogens is 4. The Bertz CT molecular complexity index is 536. The molecule has 0 fully saturated rings. The highest BCUT2D eigenvalue weighted by Crippen LogP contribution is 2.33. The van der Waals surface area contributed by atoms with Gasteiger partial charge < -0.3 is 5.73 Å². The predicted octanol–water partition coefficient (Wildman–Crippen LogP) is 5.57. The van der Waals surface area contributed by atoms with E-state index in [2.05, 4.69) is 31.9 Å². The van der Waals surface area contributed by atoms with Crippen molar-refractivity contribution in [1.82, 2.24) is 0 Å². The largest absolute Gasteiger partial charge is 0.320 e. The number of rotatable bonds is 2. The highest BCUT2D eigenvalue weighted by atomic mass is 79.9. The fourth-order valence-corrected chi connectivity index (χ4v) is 2.96. The minimum absolute atomic E-state index is 0.330. The lowest BCUT2D eigenvalue weighted by Gasteiger charge is -2.16. The molecule has 5 heteroatoms. The number of hydrogen-bond acceptors (Lipinski definition) is 1. The van der Waals surface area contributed by atoms with Gasteiger partial charge in [-0.1, -0.05) is 55.1 Å². The second kappa shape index (κ2) is 5.93. The molecule has 0 saturated heterocycles. The van der Waals surface area contributed by atoms with E-state index in [9.17, 15) is 0 Å². The van der Waals surface area contributed by atoms with Gasteiger partial charge in [0, 0.05) is 19.0 Å². The summed E-state index contributed by atoms with van der Waals surface area (Å²) in [4.78, 5) is 0. The quantitative estimate of drug-likeness (QED) is 0.689. The van der Waals surface area contributed by atoms with Crippen LogP contribution < -0.4 is 5.73 Å². The highest BCUT2D eigenvalue weighted by molar-refractivity contribution is 9.11. The zero-order chi connectivity index (χ0) is 13.3. The highest BCUT2D eigenvalue weighted by Gasteiger charge is 2.16. The SMILES string of the molecule is NC(c1cc(Cl)ccc1Cl)c1cc(Br)ccc1Br. The first-order valence-electron chi connectivity index (χ1n) is 5.14.